The highest BCUT2D eigenvalue weighted by Gasteiger charge is 2.27. The molecule has 0 unspecified atom stereocenters. The Labute approximate surface area is 175 Å². The summed E-state index contributed by atoms with van der Waals surface area (Å²) in [5, 5.41) is 11.1. The fourth-order valence-corrected chi connectivity index (χ4v) is 3.58. The van der Waals surface area contributed by atoms with Crippen LogP contribution >= 0.6 is 11.8 Å². The minimum absolute atomic E-state index is 0.149. The van der Waals surface area contributed by atoms with Crippen molar-refractivity contribution < 1.29 is 28.2 Å². The Hall–Kier alpha value is -3.40. The van der Waals surface area contributed by atoms with Gasteiger partial charge in [-0.15, -0.1) is 10.2 Å². The Morgan fingerprint density at radius 3 is 2.80 bits per heavy atom. The van der Waals surface area contributed by atoms with E-state index >= 15 is 0 Å². The second-order valence-electron chi connectivity index (χ2n) is 6.52. The summed E-state index contributed by atoms with van der Waals surface area (Å²) in [4.78, 5) is 12.1. The lowest BCUT2D eigenvalue weighted by molar-refractivity contribution is -0.118. The van der Waals surface area contributed by atoms with Gasteiger partial charge in [-0.05, 0) is 29.8 Å². The molecule has 1 N–H and O–H groups in total. The minimum atomic E-state index is -0.485. The number of ether oxygens (including phenoxy) is 4. The van der Waals surface area contributed by atoms with Gasteiger partial charge in [0.2, 0.25) is 18.8 Å². The SMILES string of the molecule is O=C(CSc1nnc([C@H]2COc3ccccc3O2)o1)NCc1ccc2c(c1)OCO2. The third-order valence-corrected chi connectivity index (χ3v) is 5.28. The van der Waals surface area contributed by atoms with E-state index in [0.29, 0.717) is 40.7 Å². The monoisotopic (exact) mass is 427 g/mol. The van der Waals surface area contributed by atoms with Crippen LogP contribution in [0, 0.1) is 0 Å². The molecule has 3 heterocycles. The number of hydrogen-bond acceptors (Lipinski definition) is 9. The molecule has 0 fully saturated rings. The van der Waals surface area contributed by atoms with Gasteiger partial charge in [0.25, 0.3) is 11.1 Å². The third-order valence-electron chi connectivity index (χ3n) is 4.46. The molecule has 30 heavy (non-hydrogen) atoms. The molecular weight excluding hydrogens is 410 g/mol. The number of carbonyl (C=O) groups excluding carboxylic acids is 1. The molecule has 10 heteroatoms. The van der Waals surface area contributed by atoms with Crippen LogP contribution in [-0.4, -0.2) is 35.3 Å². The first kappa shape index (κ1) is 18.6. The van der Waals surface area contributed by atoms with Crippen LogP contribution < -0.4 is 24.3 Å². The van der Waals surface area contributed by atoms with E-state index in [9.17, 15) is 4.79 Å². The van der Waals surface area contributed by atoms with Crippen molar-refractivity contribution in [2.45, 2.75) is 17.9 Å². The summed E-state index contributed by atoms with van der Waals surface area (Å²) in [7, 11) is 0. The number of fused-ring (bicyclic) bond motifs is 2. The standard InChI is InChI=1S/C20H17N3O6S/c24-18(21-8-12-5-6-14-16(7-12)27-11-26-14)10-30-20-23-22-19(29-20)17-9-25-13-3-1-2-4-15(13)28-17/h1-7,17H,8-11H2,(H,21,24)/t17-/m1/s1. The average Bonchev–Trinajstić information content (AvgIpc) is 3.45. The lowest BCUT2D eigenvalue weighted by Gasteiger charge is -2.23. The van der Waals surface area contributed by atoms with Crippen molar-refractivity contribution in [3.8, 4) is 23.0 Å². The molecule has 0 aliphatic carbocycles. The van der Waals surface area contributed by atoms with Crippen molar-refractivity contribution in [2.75, 3.05) is 19.2 Å². The van der Waals surface area contributed by atoms with Gasteiger partial charge in [0.1, 0.15) is 6.61 Å². The number of para-hydroxylation sites is 2. The second-order valence-corrected chi connectivity index (χ2v) is 7.45. The summed E-state index contributed by atoms with van der Waals surface area (Å²) in [5.41, 5.74) is 0.924. The molecule has 0 bridgehead atoms. The zero-order valence-electron chi connectivity index (χ0n) is 15.7. The highest BCUT2D eigenvalue weighted by Crippen LogP contribution is 2.36. The Balaban J connectivity index is 1.11. The molecule has 3 aromatic rings. The molecule has 0 saturated carbocycles. The van der Waals surface area contributed by atoms with E-state index < -0.39 is 6.10 Å². The van der Waals surface area contributed by atoms with Crippen molar-refractivity contribution in [1.82, 2.24) is 15.5 Å². The van der Waals surface area contributed by atoms with Gasteiger partial charge < -0.3 is 28.7 Å². The summed E-state index contributed by atoms with van der Waals surface area (Å²) in [5.74, 6) is 3.02. The van der Waals surface area contributed by atoms with Crippen LogP contribution in [0.4, 0.5) is 0 Å². The van der Waals surface area contributed by atoms with Gasteiger partial charge in [-0.1, -0.05) is 30.0 Å². The predicted octanol–water partition coefficient (Wildman–Crippen LogP) is 2.72. The average molecular weight is 427 g/mol. The molecule has 1 amide bonds. The molecule has 2 aromatic carbocycles. The smallest absolute Gasteiger partial charge is 0.277 e. The van der Waals surface area contributed by atoms with Crippen molar-refractivity contribution in [3.05, 3.63) is 53.9 Å². The molecule has 1 atom stereocenters. The van der Waals surface area contributed by atoms with E-state index in [4.69, 9.17) is 23.4 Å². The molecular formula is C20H17N3O6S. The first-order chi connectivity index (χ1) is 14.7. The highest BCUT2D eigenvalue weighted by atomic mass is 32.2. The van der Waals surface area contributed by atoms with Gasteiger partial charge in [0.05, 0.1) is 5.75 Å². The maximum absolute atomic E-state index is 12.1. The maximum Gasteiger partial charge on any atom is 0.277 e. The summed E-state index contributed by atoms with van der Waals surface area (Å²) >= 11 is 1.16. The normalized spacial score (nSPS) is 16.3. The summed E-state index contributed by atoms with van der Waals surface area (Å²) in [6.45, 7) is 0.885. The summed E-state index contributed by atoms with van der Waals surface area (Å²) in [6, 6.07) is 13.0. The highest BCUT2D eigenvalue weighted by molar-refractivity contribution is 7.99. The predicted molar refractivity (Wildman–Crippen MR) is 105 cm³/mol. The molecule has 0 radical (unpaired) electrons. The quantitative estimate of drug-likeness (QED) is 0.595. The molecule has 2 aliphatic heterocycles. The summed E-state index contributed by atoms with van der Waals surface area (Å²) in [6.07, 6.45) is -0.485. The van der Waals surface area contributed by atoms with Crippen molar-refractivity contribution >= 4 is 17.7 Å². The first-order valence-electron chi connectivity index (χ1n) is 9.24. The number of amides is 1. The van der Waals surface area contributed by atoms with Gasteiger partial charge in [0.15, 0.2) is 23.0 Å². The van der Waals surface area contributed by atoms with Gasteiger partial charge in [-0.3, -0.25) is 4.79 Å². The van der Waals surface area contributed by atoms with E-state index in [0.717, 1.165) is 17.3 Å². The number of benzene rings is 2. The zero-order valence-corrected chi connectivity index (χ0v) is 16.5. The van der Waals surface area contributed by atoms with Crippen molar-refractivity contribution in [2.24, 2.45) is 0 Å². The van der Waals surface area contributed by atoms with Gasteiger partial charge >= 0.3 is 0 Å². The number of thioether (sulfide) groups is 1. The van der Waals surface area contributed by atoms with Gasteiger partial charge in [-0.25, -0.2) is 0 Å². The van der Waals surface area contributed by atoms with Gasteiger partial charge in [0, 0.05) is 6.54 Å². The molecule has 0 spiro atoms. The zero-order chi connectivity index (χ0) is 20.3. The molecule has 5 rings (SSSR count). The number of aromatic nitrogens is 2. The van der Waals surface area contributed by atoms with E-state index in [1.807, 2.05) is 42.5 Å². The van der Waals surface area contributed by atoms with Crippen LogP contribution in [0.2, 0.25) is 0 Å². The van der Waals surface area contributed by atoms with Crippen molar-refractivity contribution in [1.29, 1.82) is 0 Å². The molecule has 0 saturated heterocycles. The van der Waals surface area contributed by atoms with E-state index in [1.165, 1.54) is 0 Å². The molecule has 2 aliphatic rings. The van der Waals surface area contributed by atoms with E-state index in [1.54, 1.807) is 0 Å². The summed E-state index contributed by atoms with van der Waals surface area (Å²) < 4.78 is 27.7. The topological polar surface area (TPSA) is 105 Å². The number of hydrogen-bond donors (Lipinski definition) is 1. The Kier molecular flexibility index (Phi) is 5.06. The van der Waals surface area contributed by atoms with Crippen LogP contribution in [0.5, 0.6) is 23.0 Å². The molecule has 9 nitrogen and oxygen atoms in total. The molecule has 154 valence electrons. The Bertz CT molecular complexity index is 1070. The first-order valence-corrected chi connectivity index (χ1v) is 10.2. The van der Waals surface area contributed by atoms with Gasteiger partial charge in [-0.2, -0.15) is 0 Å². The van der Waals surface area contributed by atoms with Crippen LogP contribution in [0.1, 0.15) is 17.6 Å². The number of nitrogens with one attached hydrogen (secondary N) is 1. The largest absolute Gasteiger partial charge is 0.485 e. The Morgan fingerprint density at radius 1 is 1.03 bits per heavy atom. The van der Waals surface area contributed by atoms with Crippen LogP contribution in [-0.2, 0) is 11.3 Å². The fraction of sp³-hybridized carbons (Fsp3) is 0.250. The van der Waals surface area contributed by atoms with Crippen molar-refractivity contribution in [3.63, 3.8) is 0 Å². The van der Waals surface area contributed by atoms with Crippen LogP contribution in [0.15, 0.2) is 52.1 Å². The third kappa shape index (κ3) is 3.99. The Morgan fingerprint density at radius 2 is 1.87 bits per heavy atom. The molecule has 1 aromatic heterocycles. The fourth-order valence-electron chi connectivity index (χ4n) is 2.98. The van der Waals surface area contributed by atoms with Crippen LogP contribution in [0.25, 0.3) is 0 Å². The minimum Gasteiger partial charge on any atom is -0.485 e. The maximum atomic E-state index is 12.1. The number of nitrogens with zero attached hydrogens (tertiary/aromatic N) is 2. The lowest BCUT2D eigenvalue weighted by Crippen LogP contribution is -2.24. The van der Waals surface area contributed by atoms with Crippen LogP contribution in [0.3, 0.4) is 0 Å². The second kappa shape index (κ2) is 8.15. The number of rotatable bonds is 6. The number of carbonyl (C=O) groups is 1. The van der Waals surface area contributed by atoms with E-state index in [2.05, 4.69) is 15.5 Å². The van der Waals surface area contributed by atoms with E-state index in [-0.39, 0.29) is 25.1 Å². The lowest BCUT2D eigenvalue weighted by atomic mass is 10.2.